The topological polar surface area (TPSA) is 67.8 Å². The van der Waals surface area contributed by atoms with Gasteiger partial charge in [-0.1, -0.05) is 30.3 Å². The lowest BCUT2D eigenvalue weighted by Crippen LogP contribution is -2.59. The number of carbonyl (C=O) groups excluding carboxylic acids is 1. The average molecular weight is 423 g/mol. The minimum atomic E-state index is -0.892. The lowest BCUT2D eigenvalue weighted by molar-refractivity contribution is -0.152. The van der Waals surface area contributed by atoms with Gasteiger partial charge in [-0.25, -0.2) is 0 Å². The van der Waals surface area contributed by atoms with Crippen molar-refractivity contribution in [2.45, 2.75) is 31.3 Å². The number of morpholine rings is 1. The van der Waals surface area contributed by atoms with Gasteiger partial charge >= 0.3 is 0 Å². The fourth-order valence-electron chi connectivity index (χ4n) is 5.17. The van der Waals surface area contributed by atoms with Gasteiger partial charge in [0.05, 0.1) is 18.8 Å². The lowest BCUT2D eigenvalue weighted by atomic mass is 9.83. The summed E-state index contributed by atoms with van der Waals surface area (Å²) in [5.74, 6) is 1.39. The predicted molar refractivity (Wildman–Crippen MR) is 117 cm³/mol. The molecule has 0 aliphatic carbocycles. The van der Waals surface area contributed by atoms with Crippen molar-refractivity contribution in [3.8, 4) is 0 Å². The molecule has 4 heterocycles. The number of aryl methyl sites for hydroxylation is 1. The van der Waals surface area contributed by atoms with Crippen LogP contribution < -0.4 is 4.90 Å². The Morgan fingerprint density at radius 2 is 1.87 bits per heavy atom. The molecular formula is C24H30N4O3. The molecule has 2 aromatic rings. The van der Waals surface area contributed by atoms with Crippen molar-refractivity contribution in [3.63, 3.8) is 0 Å². The molecule has 2 atom stereocenters. The number of anilines is 1. The van der Waals surface area contributed by atoms with Crippen molar-refractivity contribution >= 4 is 11.7 Å². The number of rotatable bonds is 4. The van der Waals surface area contributed by atoms with Crippen molar-refractivity contribution in [1.82, 2.24) is 15.1 Å². The van der Waals surface area contributed by atoms with E-state index in [1.165, 1.54) is 0 Å². The van der Waals surface area contributed by atoms with Gasteiger partial charge in [0.25, 0.3) is 5.91 Å². The molecule has 7 nitrogen and oxygen atoms in total. The van der Waals surface area contributed by atoms with Gasteiger partial charge in [0.1, 0.15) is 0 Å². The number of nitrogens with zero attached hydrogens (tertiary/aromatic N) is 4. The summed E-state index contributed by atoms with van der Waals surface area (Å²) >= 11 is 0. The molecule has 0 N–H and O–H groups in total. The van der Waals surface area contributed by atoms with E-state index in [9.17, 15) is 4.79 Å². The van der Waals surface area contributed by atoms with Crippen molar-refractivity contribution in [3.05, 3.63) is 53.7 Å². The molecule has 1 aromatic heterocycles. The van der Waals surface area contributed by atoms with Crippen LogP contribution in [0.25, 0.3) is 0 Å². The third-order valence-corrected chi connectivity index (χ3v) is 6.89. The van der Waals surface area contributed by atoms with E-state index >= 15 is 0 Å². The third-order valence-electron chi connectivity index (χ3n) is 6.89. The van der Waals surface area contributed by atoms with Crippen LogP contribution in [0, 0.1) is 12.8 Å². The Morgan fingerprint density at radius 1 is 1.06 bits per heavy atom. The molecule has 1 aromatic carbocycles. The first-order valence-electron chi connectivity index (χ1n) is 11.3. The Labute approximate surface area is 183 Å². The van der Waals surface area contributed by atoms with Crippen molar-refractivity contribution in [2.75, 3.05) is 50.9 Å². The lowest BCUT2D eigenvalue weighted by Gasteiger charge is -2.42. The van der Waals surface area contributed by atoms with Crippen LogP contribution in [0.15, 0.2) is 42.5 Å². The normalized spacial score (nSPS) is 27.3. The number of benzene rings is 1. The van der Waals surface area contributed by atoms with E-state index in [2.05, 4.69) is 27.2 Å². The minimum absolute atomic E-state index is 0.0118. The van der Waals surface area contributed by atoms with Crippen LogP contribution in [-0.4, -0.2) is 72.6 Å². The van der Waals surface area contributed by atoms with E-state index in [0.29, 0.717) is 32.2 Å². The summed E-state index contributed by atoms with van der Waals surface area (Å²) < 4.78 is 11.9. The Bertz CT molecular complexity index is 901. The molecule has 0 unspecified atom stereocenters. The predicted octanol–water partition coefficient (Wildman–Crippen LogP) is 2.41. The molecule has 1 spiro atoms. The van der Waals surface area contributed by atoms with E-state index in [1.807, 2.05) is 42.2 Å². The maximum absolute atomic E-state index is 13.9. The summed E-state index contributed by atoms with van der Waals surface area (Å²) in [5.41, 5.74) is 1.15. The number of hydrogen-bond donors (Lipinski definition) is 0. The van der Waals surface area contributed by atoms with Gasteiger partial charge in [-0.2, -0.15) is 5.10 Å². The number of carbonyl (C=O) groups is 1. The van der Waals surface area contributed by atoms with Crippen LogP contribution >= 0.6 is 0 Å². The van der Waals surface area contributed by atoms with Gasteiger partial charge < -0.3 is 19.3 Å². The van der Waals surface area contributed by atoms with E-state index < -0.39 is 5.60 Å². The molecule has 3 aliphatic rings. The van der Waals surface area contributed by atoms with Crippen molar-refractivity contribution in [2.24, 2.45) is 5.92 Å². The average Bonchev–Trinajstić information content (AvgIpc) is 3.07. The molecular weight excluding hydrogens is 392 g/mol. The standard InChI is InChI=1S/C24H30N4O3/c1-18-7-8-22(26-25-18)27-11-14-31-24(17-27)21(20-5-3-2-4-6-20)16-28(23(24)29)15-19-9-12-30-13-10-19/h2-8,19,21H,9-17H2,1H3/t21-,24-/m0/s1. The molecule has 7 heteroatoms. The fraction of sp³-hybridized carbons (Fsp3) is 0.542. The molecule has 1 amide bonds. The number of likely N-dealkylation sites (tertiary alicyclic amines) is 1. The maximum Gasteiger partial charge on any atom is 0.257 e. The maximum atomic E-state index is 13.9. The second kappa shape index (κ2) is 8.55. The van der Waals surface area contributed by atoms with Gasteiger partial charge in [0.15, 0.2) is 11.4 Å². The van der Waals surface area contributed by atoms with E-state index in [-0.39, 0.29) is 11.8 Å². The van der Waals surface area contributed by atoms with Crippen LogP contribution in [-0.2, 0) is 14.3 Å². The van der Waals surface area contributed by atoms with E-state index in [0.717, 1.165) is 49.7 Å². The zero-order valence-electron chi connectivity index (χ0n) is 18.1. The first-order chi connectivity index (χ1) is 15.2. The van der Waals surface area contributed by atoms with Crippen LogP contribution in [0.2, 0.25) is 0 Å². The molecule has 3 aliphatic heterocycles. The fourth-order valence-corrected chi connectivity index (χ4v) is 5.17. The first kappa shape index (κ1) is 20.4. The molecule has 0 saturated carbocycles. The number of aromatic nitrogens is 2. The molecule has 0 radical (unpaired) electrons. The molecule has 5 rings (SSSR count). The second-order valence-electron chi connectivity index (χ2n) is 8.92. The molecule has 0 bridgehead atoms. The summed E-state index contributed by atoms with van der Waals surface area (Å²) in [6.45, 7) is 6.66. The van der Waals surface area contributed by atoms with Crippen LogP contribution in [0.1, 0.15) is 30.0 Å². The summed E-state index contributed by atoms with van der Waals surface area (Å²) in [7, 11) is 0. The Hall–Kier alpha value is -2.51. The number of amides is 1. The summed E-state index contributed by atoms with van der Waals surface area (Å²) in [5, 5.41) is 8.59. The zero-order valence-corrected chi connectivity index (χ0v) is 18.1. The smallest absolute Gasteiger partial charge is 0.257 e. The molecule has 31 heavy (non-hydrogen) atoms. The Balaban J connectivity index is 1.45. The highest BCUT2D eigenvalue weighted by atomic mass is 16.5. The summed E-state index contributed by atoms with van der Waals surface area (Å²) in [6, 6.07) is 14.3. The van der Waals surface area contributed by atoms with Gasteiger partial charge in [-0.3, -0.25) is 4.79 Å². The van der Waals surface area contributed by atoms with Gasteiger partial charge in [-0.05, 0) is 43.4 Å². The third kappa shape index (κ3) is 3.92. The number of hydrogen-bond acceptors (Lipinski definition) is 6. The highest BCUT2D eigenvalue weighted by molar-refractivity contribution is 5.90. The van der Waals surface area contributed by atoms with Gasteiger partial charge in [0, 0.05) is 38.8 Å². The highest BCUT2D eigenvalue weighted by Crippen LogP contribution is 2.43. The highest BCUT2D eigenvalue weighted by Gasteiger charge is 2.58. The van der Waals surface area contributed by atoms with E-state index in [4.69, 9.17) is 9.47 Å². The van der Waals surface area contributed by atoms with Gasteiger partial charge in [-0.15, -0.1) is 5.10 Å². The minimum Gasteiger partial charge on any atom is -0.381 e. The van der Waals surface area contributed by atoms with Crippen LogP contribution in [0.3, 0.4) is 0 Å². The monoisotopic (exact) mass is 422 g/mol. The van der Waals surface area contributed by atoms with Gasteiger partial charge in [0.2, 0.25) is 0 Å². The van der Waals surface area contributed by atoms with Crippen molar-refractivity contribution in [1.29, 1.82) is 0 Å². The number of ether oxygens (including phenoxy) is 2. The summed E-state index contributed by atoms with van der Waals surface area (Å²) in [4.78, 5) is 18.1. The van der Waals surface area contributed by atoms with E-state index in [1.54, 1.807) is 0 Å². The summed E-state index contributed by atoms with van der Waals surface area (Å²) in [6.07, 6.45) is 2.03. The second-order valence-corrected chi connectivity index (χ2v) is 8.92. The molecule has 3 fully saturated rings. The first-order valence-corrected chi connectivity index (χ1v) is 11.3. The molecule has 3 saturated heterocycles. The Kier molecular flexibility index (Phi) is 5.63. The van der Waals surface area contributed by atoms with Crippen molar-refractivity contribution < 1.29 is 14.3 Å². The van der Waals surface area contributed by atoms with Crippen LogP contribution in [0.4, 0.5) is 5.82 Å². The SMILES string of the molecule is Cc1ccc(N2CCO[C@]3(C2)C(=O)N(CC2CCOCC2)C[C@H]3c2ccccc2)nn1. The largest absolute Gasteiger partial charge is 0.381 e. The van der Waals surface area contributed by atoms with Crippen LogP contribution in [0.5, 0.6) is 0 Å². The zero-order chi connectivity index (χ0) is 21.3. The molecule has 164 valence electrons. The Morgan fingerprint density at radius 3 is 2.61 bits per heavy atom. The quantitative estimate of drug-likeness (QED) is 0.754.